The van der Waals surface area contributed by atoms with Crippen LogP contribution in [0.25, 0.3) is 0 Å². The molecule has 0 spiro atoms. The van der Waals surface area contributed by atoms with Gasteiger partial charge in [0.1, 0.15) is 5.76 Å². The Morgan fingerprint density at radius 2 is 1.97 bits per heavy atom. The third-order valence-corrected chi connectivity index (χ3v) is 5.46. The molecule has 7 heteroatoms. The zero-order valence-corrected chi connectivity index (χ0v) is 20.0. The van der Waals surface area contributed by atoms with Crippen molar-refractivity contribution in [3.63, 3.8) is 0 Å². The van der Waals surface area contributed by atoms with Crippen molar-refractivity contribution < 1.29 is 4.42 Å². The van der Waals surface area contributed by atoms with Crippen LogP contribution < -0.4 is 15.5 Å². The van der Waals surface area contributed by atoms with Gasteiger partial charge in [0.15, 0.2) is 5.96 Å². The average molecular weight is 511 g/mol. The molecule has 160 valence electrons. The van der Waals surface area contributed by atoms with E-state index < -0.39 is 0 Å². The van der Waals surface area contributed by atoms with Gasteiger partial charge in [-0.2, -0.15) is 0 Å². The SMILES string of the molecule is CCN(CC)C(CNC(=NC)NC1CCN(c2ccccc2)C1)c1ccco1.I. The van der Waals surface area contributed by atoms with Crippen LogP contribution in [0.3, 0.4) is 0 Å². The maximum Gasteiger partial charge on any atom is 0.191 e. The fourth-order valence-corrected chi connectivity index (χ4v) is 3.89. The number of anilines is 1. The summed E-state index contributed by atoms with van der Waals surface area (Å²) in [6, 6.07) is 15.2. The molecule has 2 aromatic rings. The van der Waals surface area contributed by atoms with E-state index in [0.717, 1.165) is 50.9 Å². The van der Waals surface area contributed by atoms with Crippen molar-refractivity contribution in [2.24, 2.45) is 4.99 Å². The number of rotatable bonds is 8. The molecular formula is C22H34IN5O. The van der Waals surface area contributed by atoms with Crippen LogP contribution in [0.1, 0.15) is 32.1 Å². The van der Waals surface area contributed by atoms with Gasteiger partial charge >= 0.3 is 0 Å². The van der Waals surface area contributed by atoms with Gasteiger partial charge in [0, 0.05) is 38.4 Å². The summed E-state index contributed by atoms with van der Waals surface area (Å²) in [6.07, 6.45) is 2.85. The molecule has 2 unspecified atom stereocenters. The maximum absolute atomic E-state index is 5.69. The average Bonchev–Trinajstić information content (AvgIpc) is 3.43. The molecule has 1 aliphatic heterocycles. The van der Waals surface area contributed by atoms with Gasteiger partial charge in [-0.15, -0.1) is 24.0 Å². The van der Waals surface area contributed by atoms with E-state index in [-0.39, 0.29) is 30.0 Å². The number of aliphatic imine (C=N–C) groups is 1. The minimum absolute atomic E-state index is 0. The fourth-order valence-electron chi connectivity index (χ4n) is 3.89. The first-order valence-electron chi connectivity index (χ1n) is 10.3. The van der Waals surface area contributed by atoms with Crippen molar-refractivity contribution in [3.05, 3.63) is 54.5 Å². The van der Waals surface area contributed by atoms with Crippen molar-refractivity contribution in [1.29, 1.82) is 0 Å². The topological polar surface area (TPSA) is 56.0 Å². The van der Waals surface area contributed by atoms with Gasteiger partial charge in [0.25, 0.3) is 0 Å². The molecule has 29 heavy (non-hydrogen) atoms. The van der Waals surface area contributed by atoms with Crippen molar-refractivity contribution in [2.45, 2.75) is 32.4 Å². The van der Waals surface area contributed by atoms with Gasteiger partial charge in [-0.05, 0) is 43.8 Å². The van der Waals surface area contributed by atoms with Gasteiger partial charge in [0.05, 0.1) is 12.3 Å². The van der Waals surface area contributed by atoms with Crippen molar-refractivity contribution in [3.8, 4) is 0 Å². The van der Waals surface area contributed by atoms with E-state index in [4.69, 9.17) is 4.42 Å². The smallest absolute Gasteiger partial charge is 0.191 e. The normalized spacial score (nSPS) is 17.9. The summed E-state index contributed by atoms with van der Waals surface area (Å²) in [5.74, 6) is 1.84. The molecule has 1 fully saturated rings. The number of halogens is 1. The highest BCUT2D eigenvalue weighted by Gasteiger charge is 2.25. The molecule has 0 aliphatic carbocycles. The predicted molar refractivity (Wildman–Crippen MR) is 131 cm³/mol. The van der Waals surface area contributed by atoms with Gasteiger partial charge in [-0.1, -0.05) is 32.0 Å². The van der Waals surface area contributed by atoms with E-state index in [2.05, 4.69) is 75.7 Å². The zero-order chi connectivity index (χ0) is 19.8. The predicted octanol–water partition coefficient (Wildman–Crippen LogP) is 3.72. The number of hydrogen-bond acceptors (Lipinski definition) is 4. The van der Waals surface area contributed by atoms with Gasteiger partial charge in [-0.3, -0.25) is 9.89 Å². The summed E-state index contributed by atoms with van der Waals surface area (Å²) < 4.78 is 5.69. The molecular weight excluding hydrogens is 477 g/mol. The molecule has 0 bridgehead atoms. The third kappa shape index (κ3) is 6.37. The highest BCUT2D eigenvalue weighted by atomic mass is 127. The molecule has 0 amide bonds. The van der Waals surface area contributed by atoms with E-state index in [1.807, 2.05) is 13.1 Å². The van der Waals surface area contributed by atoms with E-state index in [1.54, 1.807) is 6.26 Å². The van der Waals surface area contributed by atoms with E-state index in [0.29, 0.717) is 6.04 Å². The molecule has 2 atom stereocenters. The standard InChI is InChI=1S/C22H33N5O.HI/c1-4-26(5-2)20(21-12-9-15-28-21)16-24-22(23-3)25-18-13-14-27(17-18)19-10-7-6-8-11-19;/h6-12,15,18,20H,4-5,13-14,16-17H2,1-3H3,(H2,23,24,25);1H. The molecule has 2 heterocycles. The number of hydrogen-bond donors (Lipinski definition) is 2. The van der Waals surface area contributed by atoms with Gasteiger partial charge in [0.2, 0.25) is 0 Å². The summed E-state index contributed by atoms with van der Waals surface area (Å²) in [6.45, 7) is 9.13. The molecule has 0 radical (unpaired) electrons. The van der Waals surface area contributed by atoms with E-state index in [1.165, 1.54) is 5.69 Å². The zero-order valence-electron chi connectivity index (χ0n) is 17.7. The number of nitrogens with one attached hydrogen (secondary N) is 2. The number of benzene rings is 1. The van der Waals surface area contributed by atoms with Crippen LogP contribution in [-0.4, -0.2) is 56.7 Å². The summed E-state index contributed by atoms with van der Waals surface area (Å²) in [7, 11) is 1.83. The Morgan fingerprint density at radius 1 is 1.21 bits per heavy atom. The number of furan rings is 1. The summed E-state index contributed by atoms with van der Waals surface area (Å²) >= 11 is 0. The van der Waals surface area contributed by atoms with Crippen LogP contribution in [0, 0.1) is 0 Å². The molecule has 1 aromatic heterocycles. The highest BCUT2D eigenvalue weighted by Crippen LogP contribution is 2.21. The summed E-state index contributed by atoms with van der Waals surface area (Å²) in [5, 5.41) is 7.10. The number of likely N-dealkylation sites (N-methyl/N-ethyl adjacent to an activating group) is 1. The molecule has 2 N–H and O–H groups in total. The first-order valence-corrected chi connectivity index (χ1v) is 10.3. The lowest BCUT2D eigenvalue weighted by molar-refractivity contribution is 0.193. The van der Waals surface area contributed by atoms with Crippen LogP contribution in [0.2, 0.25) is 0 Å². The molecule has 1 saturated heterocycles. The lowest BCUT2D eigenvalue weighted by atomic mass is 10.2. The number of guanidine groups is 1. The van der Waals surface area contributed by atoms with Crippen molar-refractivity contribution in [2.75, 3.05) is 44.7 Å². The van der Waals surface area contributed by atoms with E-state index in [9.17, 15) is 0 Å². The quantitative estimate of drug-likeness (QED) is 0.322. The van der Waals surface area contributed by atoms with Crippen LogP contribution in [-0.2, 0) is 0 Å². The Morgan fingerprint density at radius 3 is 2.59 bits per heavy atom. The molecule has 1 aromatic carbocycles. The Hall–Kier alpha value is -1.74. The lowest BCUT2D eigenvalue weighted by Crippen LogP contribution is -2.47. The molecule has 3 rings (SSSR count). The first kappa shape index (κ1) is 23.5. The maximum atomic E-state index is 5.69. The Bertz CT molecular complexity index is 718. The number of nitrogens with zero attached hydrogens (tertiary/aromatic N) is 3. The largest absolute Gasteiger partial charge is 0.468 e. The Balaban J connectivity index is 0.00000300. The van der Waals surface area contributed by atoms with Gasteiger partial charge < -0.3 is 20.0 Å². The molecule has 6 nitrogen and oxygen atoms in total. The second-order valence-corrected chi connectivity index (χ2v) is 7.12. The van der Waals surface area contributed by atoms with Crippen molar-refractivity contribution >= 4 is 35.6 Å². The third-order valence-electron chi connectivity index (χ3n) is 5.46. The van der Waals surface area contributed by atoms with Crippen LogP contribution >= 0.6 is 24.0 Å². The summed E-state index contributed by atoms with van der Waals surface area (Å²) in [5.41, 5.74) is 1.29. The first-order chi connectivity index (χ1) is 13.7. The van der Waals surface area contributed by atoms with Gasteiger partial charge in [-0.25, -0.2) is 0 Å². The molecule has 0 saturated carbocycles. The Kier molecular flexibility index (Phi) is 9.80. The Labute approximate surface area is 191 Å². The minimum Gasteiger partial charge on any atom is -0.468 e. The monoisotopic (exact) mass is 511 g/mol. The molecule has 1 aliphatic rings. The van der Waals surface area contributed by atoms with Crippen LogP contribution in [0.15, 0.2) is 58.1 Å². The highest BCUT2D eigenvalue weighted by molar-refractivity contribution is 14.0. The van der Waals surface area contributed by atoms with Crippen LogP contribution in [0.4, 0.5) is 5.69 Å². The number of para-hydroxylation sites is 1. The van der Waals surface area contributed by atoms with Crippen LogP contribution in [0.5, 0.6) is 0 Å². The van der Waals surface area contributed by atoms with E-state index >= 15 is 0 Å². The second kappa shape index (κ2) is 12.1. The van der Waals surface area contributed by atoms with Crippen molar-refractivity contribution in [1.82, 2.24) is 15.5 Å². The minimum atomic E-state index is 0. The second-order valence-electron chi connectivity index (χ2n) is 7.12. The lowest BCUT2D eigenvalue weighted by Gasteiger charge is -2.29. The fraction of sp³-hybridized carbons (Fsp3) is 0.500. The summed E-state index contributed by atoms with van der Waals surface area (Å²) in [4.78, 5) is 9.26.